The first-order valence-corrected chi connectivity index (χ1v) is 9.12. The zero-order valence-corrected chi connectivity index (χ0v) is 15.8. The molecule has 1 aromatic heterocycles. The zero-order valence-electron chi connectivity index (χ0n) is 15.0. The van der Waals surface area contributed by atoms with E-state index in [-0.39, 0.29) is 12.5 Å². The maximum absolute atomic E-state index is 12.2. The van der Waals surface area contributed by atoms with Gasteiger partial charge in [0.05, 0.1) is 5.69 Å². The van der Waals surface area contributed by atoms with Gasteiger partial charge in [-0.3, -0.25) is 4.79 Å². The Balaban J connectivity index is 1.60. The van der Waals surface area contributed by atoms with Crippen LogP contribution in [0.4, 0.5) is 10.8 Å². The molecule has 3 N–H and O–H groups in total. The molecule has 6 heteroatoms. The van der Waals surface area contributed by atoms with Gasteiger partial charge in [0.25, 0.3) is 5.91 Å². The Kier molecular flexibility index (Phi) is 5.23. The van der Waals surface area contributed by atoms with Gasteiger partial charge in [-0.25, -0.2) is 4.98 Å². The Bertz CT molecular complexity index is 909. The first-order valence-electron chi connectivity index (χ1n) is 8.24. The number of rotatable bonds is 5. The topological polar surface area (TPSA) is 77.2 Å². The lowest BCUT2D eigenvalue weighted by Gasteiger charge is -2.13. The monoisotopic (exact) mass is 367 g/mol. The predicted molar refractivity (Wildman–Crippen MR) is 107 cm³/mol. The fourth-order valence-electron chi connectivity index (χ4n) is 2.84. The van der Waals surface area contributed by atoms with Crippen LogP contribution in [0, 0.1) is 20.8 Å². The largest absolute Gasteiger partial charge is 0.484 e. The van der Waals surface area contributed by atoms with E-state index < -0.39 is 0 Å². The van der Waals surface area contributed by atoms with Gasteiger partial charge in [0, 0.05) is 16.6 Å². The first kappa shape index (κ1) is 17.9. The molecule has 0 bridgehead atoms. The second-order valence-corrected chi connectivity index (χ2v) is 7.10. The molecule has 1 amide bonds. The van der Waals surface area contributed by atoms with Crippen molar-refractivity contribution in [3.8, 4) is 17.0 Å². The zero-order chi connectivity index (χ0) is 18.7. The normalized spacial score (nSPS) is 10.6. The third-order valence-corrected chi connectivity index (χ3v) is 4.66. The van der Waals surface area contributed by atoms with Crippen molar-refractivity contribution >= 4 is 28.1 Å². The quantitative estimate of drug-likeness (QED) is 0.703. The molecule has 0 aliphatic carbocycles. The number of nitrogen functional groups attached to an aromatic ring is 1. The molecule has 0 saturated carbocycles. The molecule has 3 rings (SSSR count). The van der Waals surface area contributed by atoms with Gasteiger partial charge in [0.15, 0.2) is 11.7 Å². The molecular formula is C20H21N3O2S. The van der Waals surface area contributed by atoms with Gasteiger partial charge in [0.2, 0.25) is 0 Å². The number of nitrogens with zero attached hydrogens (tertiary/aromatic N) is 1. The average molecular weight is 367 g/mol. The lowest BCUT2D eigenvalue weighted by Crippen LogP contribution is -2.21. The number of hydrogen-bond donors (Lipinski definition) is 2. The van der Waals surface area contributed by atoms with E-state index in [0.717, 1.165) is 28.1 Å². The van der Waals surface area contributed by atoms with Gasteiger partial charge in [0.1, 0.15) is 5.75 Å². The van der Waals surface area contributed by atoms with Crippen LogP contribution in [-0.4, -0.2) is 17.5 Å². The van der Waals surface area contributed by atoms with E-state index in [2.05, 4.69) is 10.3 Å². The molecule has 5 nitrogen and oxygen atoms in total. The molecule has 3 aromatic rings. The van der Waals surface area contributed by atoms with Crippen molar-refractivity contribution in [1.29, 1.82) is 0 Å². The van der Waals surface area contributed by atoms with E-state index in [0.29, 0.717) is 10.9 Å². The fraction of sp³-hybridized carbons (Fsp3) is 0.200. The number of amides is 1. The van der Waals surface area contributed by atoms with Crippen LogP contribution in [0.1, 0.15) is 16.7 Å². The summed E-state index contributed by atoms with van der Waals surface area (Å²) in [6.07, 6.45) is 0. The Labute approximate surface area is 156 Å². The van der Waals surface area contributed by atoms with Crippen molar-refractivity contribution in [3.63, 3.8) is 0 Å². The van der Waals surface area contributed by atoms with Crippen molar-refractivity contribution in [2.24, 2.45) is 0 Å². The number of benzene rings is 2. The molecule has 0 saturated heterocycles. The molecule has 134 valence electrons. The number of thiazole rings is 1. The minimum atomic E-state index is -0.184. The van der Waals surface area contributed by atoms with E-state index in [4.69, 9.17) is 10.5 Å². The highest BCUT2D eigenvalue weighted by molar-refractivity contribution is 7.13. The molecule has 0 fully saturated rings. The number of aryl methyl sites for hydroxylation is 3. The van der Waals surface area contributed by atoms with Crippen LogP contribution in [0.15, 0.2) is 41.8 Å². The van der Waals surface area contributed by atoms with Gasteiger partial charge in [-0.1, -0.05) is 17.7 Å². The Morgan fingerprint density at radius 3 is 2.38 bits per heavy atom. The standard InChI is InChI=1S/C20H21N3O2S/c1-12-8-13(2)19(14(3)9-12)23-18(24)10-25-16-6-4-15(5-7-16)17-11-26-20(21)22-17/h4-9,11H,10H2,1-3H3,(H2,21,22)(H,23,24). The summed E-state index contributed by atoms with van der Waals surface area (Å²) in [7, 11) is 0. The molecule has 1 heterocycles. The molecule has 26 heavy (non-hydrogen) atoms. The van der Waals surface area contributed by atoms with E-state index in [1.807, 2.05) is 62.5 Å². The van der Waals surface area contributed by atoms with Gasteiger partial charge < -0.3 is 15.8 Å². The average Bonchev–Trinajstić information content (AvgIpc) is 3.03. The highest BCUT2D eigenvalue weighted by atomic mass is 32.1. The van der Waals surface area contributed by atoms with E-state index >= 15 is 0 Å². The lowest BCUT2D eigenvalue weighted by molar-refractivity contribution is -0.118. The fourth-order valence-corrected chi connectivity index (χ4v) is 3.42. The summed E-state index contributed by atoms with van der Waals surface area (Å²) in [5.74, 6) is 0.445. The summed E-state index contributed by atoms with van der Waals surface area (Å²) in [6, 6.07) is 11.5. The highest BCUT2D eigenvalue weighted by Crippen LogP contribution is 2.25. The number of aromatic nitrogens is 1. The third kappa shape index (κ3) is 4.21. The van der Waals surface area contributed by atoms with E-state index in [9.17, 15) is 4.79 Å². The second-order valence-electron chi connectivity index (χ2n) is 6.21. The van der Waals surface area contributed by atoms with E-state index in [1.54, 1.807) is 0 Å². The molecule has 0 radical (unpaired) electrons. The Morgan fingerprint density at radius 1 is 1.15 bits per heavy atom. The summed E-state index contributed by atoms with van der Waals surface area (Å²) < 4.78 is 5.59. The van der Waals surface area contributed by atoms with Gasteiger partial charge in [-0.15, -0.1) is 11.3 Å². The van der Waals surface area contributed by atoms with Gasteiger partial charge in [-0.05, 0) is 56.2 Å². The van der Waals surface area contributed by atoms with Crippen LogP contribution in [0.5, 0.6) is 5.75 Å². The minimum Gasteiger partial charge on any atom is -0.484 e. The van der Waals surface area contributed by atoms with Crippen LogP contribution in [0.25, 0.3) is 11.3 Å². The predicted octanol–water partition coefficient (Wildman–Crippen LogP) is 4.34. The summed E-state index contributed by atoms with van der Waals surface area (Å²) >= 11 is 1.40. The second kappa shape index (κ2) is 7.58. The Hall–Kier alpha value is -2.86. The number of nitrogens with two attached hydrogens (primary N) is 1. The van der Waals surface area contributed by atoms with Crippen LogP contribution < -0.4 is 15.8 Å². The molecule has 0 aliphatic heterocycles. The SMILES string of the molecule is Cc1cc(C)c(NC(=O)COc2ccc(-c3csc(N)n3)cc2)c(C)c1. The number of anilines is 2. The number of carbonyl (C=O) groups excluding carboxylic acids is 1. The van der Waals surface area contributed by atoms with Crippen molar-refractivity contribution in [2.45, 2.75) is 20.8 Å². The van der Waals surface area contributed by atoms with Crippen LogP contribution >= 0.6 is 11.3 Å². The highest BCUT2D eigenvalue weighted by Gasteiger charge is 2.09. The van der Waals surface area contributed by atoms with Crippen LogP contribution in [0.3, 0.4) is 0 Å². The molecule has 0 unspecified atom stereocenters. The third-order valence-electron chi connectivity index (χ3n) is 3.98. The smallest absolute Gasteiger partial charge is 0.262 e. The molecule has 0 aliphatic rings. The van der Waals surface area contributed by atoms with Gasteiger partial charge in [-0.2, -0.15) is 0 Å². The van der Waals surface area contributed by atoms with E-state index in [1.165, 1.54) is 16.9 Å². The van der Waals surface area contributed by atoms with Crippen molar-refractivity contribution < 1.29 is 9.53 Å². The van der Waals surface area contributed by atoms with Crippen molar-refractivity contribution in [1.82, 2.24) is 4.98 Å². The van der Waals surface area contributed by atoms with Crippen molar-refractivity contribution in [2.75, 3.05) is 17.7 Å². The van der Waals surface area contributed by atoms with Crippen LogP contribution in [-0.2, 0) is 4.79 Å². The number of nitrogens with one attached hydrogen (secondary N) is 1. The maximum Gasteiger partial charge on any atom is 0.262 e. The minimum absolute atomic E-state index is 0.0459. The molecular weight excluding hydrogens is 346 g/mol. The summed E-state index contributed by atoms with van der Waals surface area (Å²) in [5, 5.41) is 5.38. The summed E-state index contributed by atoms with van der Waals surface area (Å²) in [5.41, 5.74) is 11.6. The first-order chi connectivity index (χ1) is 12.4. The van der Waals surface area contributed by atoms with Crippen LogP contribution in [0.2, 0.25) is 0 Å². The summed E-state index contributed by atoms with van der Waals surface area (Å²) in [4.78, 5) is 16.5. The van der Waals surface area contributed by atoms with Gasteiger partial charge >= 0.3 is 0 Å². The molecule has 2 aromatic carbocycles. The maximum atomic E-state index is 12.2. The summed E-state index contributed by atoms with van der Waals surface area (Å²) in [6.45, 7) is 5.97. The van der Waals surface area contributed by atoms with Crippen molar-refractivity contribution in [3.05, 3.63) is 58.5 Å². The number of ether oxygens (including phenoxy) is 1. The number of hydrogen-bond acceptors (Lipinski definition) is 5. The molecule has 0 spiro atoms. The number of carbonyl (C=O) groups is 1. The molecule has 0 atom stereocenters. The lowest BCUT2D eigenvalue weighted by atomic mass is 10.1. The Morgan fingerprint density at radius 2 is 1.81 bits per heavy atom.